The molecule has 0 unspecified atom stereocenters. The Kier molecular flexibility index (Phi) is 5.56. The fourth-order valence-electron chi connectivity index (χ4n) is 4.46. The third kappa shape index (κ3) is 3.87. The van der Waals surface area contributed by atoms with Gasteiger partial charge in [-0.3, -0.25) is 4.79 Å². The SMILES string of the molecule is COc1ccc2c(c1)CCC[C@H]2NC(=O)[C@@H](C)Oc1cccc2c1CCCC2. The number of hydrogen-bond acceptors (Lipinski definition) is 3. The van der Waals surface area contributed by atoms with E-state index in [1.807, 2.05) is 25.1 Å². The van der Waals surface area contributed by atoms with Crippen LogP contribution in [0.3, 0.4) is 0 Å². The van der Waals surface area contributed by atoms with Gasteiger partial charge in [0, 0.05) is 0 Å². The van der Waals surface area contributed by atoms with Crippen LogP contribution in [0.1, 0.15) is 60.9 Å². The molecule has 2 aliphatic carbocycles. The van der Waals surface area contributed by atoms with E-state index in [0.29, 0.717) is 0 Å². The lowest BCUT2D eigenvalue weighted by atomic mass is 9.87. The van der Waals surface area contributed by atoms with Crippen molar-refractivity contribution in [3.05, 3.63) is 58.7 Å². The maximum Gasteiger partial charge on any atom is 0.261 e. The van der Waals surface area contributed by atoms with Crippen molar-refractivity contribution in [3.63, 3.8) is 0 Å². The van der Waals surface area contributed by atoms with E-state index in [4.69, 9.17) is 9.47 Å². The Balaban J connectivity index is 1.45. The number of methoxy groups -OCH3 is 1. The Morgan fingerprint density at radius 3 is 2.75 bits per heavy atom. The monoisotopic (exact) mass is 379 g/mol. The summed E-state index contributed by atoms with van der Waals surface area (Å²) in [6.45, 7) is 1.84. The standard InChI is InChI=1S/C24H29NO3/c1-16(28-23-12-6-8-17-7-3-4-10-21(17)23)24(26)25-22-11-5-9-18-15-19(27-2)13-14-20(18)22/h6,8,12-16,22H,3-5,7,9-11H2,1-2H3,(H,25,26)/t16-,22-/m1/s1. The summed E-state index contributed by atoms with van der Waals surface area (Å²) in [7, 11) is 1.69. The van der Waals surface area contributed by atoms with Crippen LogP contribution in [0, 0.1) is 0 Å². The number of hydrogen-bond donors (Lipinski definition) is 1. The molecule has 0 radical (unpaired) electrons. The van der Waals surface area contributed by atoms with Crippen LogP contribution in [0.25, 0.3) is 0 Å². The Labute approximate surface area is 167 Å². The van der Waals surface area contributed by atoms with Crippen LogP contribution < -0.4 is 14.8 Å². The zero-order valence-corrected chi connectivity index (χ0v) is 16.8. The van der Waals surface area contributed by atoms with Crippen molar-refractivity contribution in [1.29, 1.82) is 0 Å². The number of carbonyl (C=O) groups is 1. The highest BCUT2D eigenvalue weighted by Gasteiger charge is 2.26. The topological polar surface area (TPSA) is 47.6 Å². The number of aryl methyl sites for hydroxylation is 2. The van der Waals surface area contributed by atoms with Gasteiger partial charge in [0.05, 0.1) is 13.2 Å². The zero-order chi connectivity index (χ0) is 19.5. The van der Waals surface area contributed by atoms with Gasteiger partial charge in [-0.25, -0.2) is 0 Å². The van der Waals surface area contributed by atoms with Crippen LogP contribution in [-0.4, -0.2) is 19.1 Å². The molecule has 4 nitrogen and oxygen atoms in total. The smallest absolute Gasteiger partial charge is 0.261 e. The van der Waals surface area contributed by atoms with Gasteiger partial charge in [-0.15, -0.1) is 0 Å². The average molecular weight is 380 g/mol. The predicted octanol–water partition coefficient (Wildman–Crippen LogP) is 4.54. The normalized spacial score (nSPS) is 19.1. The molecule has 2 aromatic rings. The highest BCUT2D eigenvalue weighted by atomic mass is 16.5. The van der Waals surface area contributed by atoms with Crippen LogP contribution >= 0.6 is 0 Å². The van der Waals surface area contributed by atoms with Gasteiger partial charge >= 0.3 is 0 Å². The number of amides is 1. The second-order valence-electron chi connectivity index (χ2n) is 7.88. The summed E-state index contributed by atoms with van der Waals surface area (Å²) in [5.41, 5.74) is 5.11. The van der Waals surface area contributed by atoms with Gasteiger partial charge in [-0.2, -0.15) is 0 Å². The molecule has 1 amide bonds. The first kappa shape index (κ1) is 18.9. The summed E-state index contributed by atoms with van der Waals surface area (Å²) in [5, 5.41) is 3.21. The third-order valence-corrected chi connectivity index (χ3v) is 6.01. The second kappa shape index (κ2) is 8.26. The molecule has 0 heterocycles. The van der Waals surface area contributed by atoms with Crippen molar-refractivity contribution in [2.75, 3.05) is 7.11 Å². The van der Waals surface area contributed by atoms with Crippen molar-refractivity contribution in [2.45, 2.75) is 64.0 Å². The van der Waals surface area contributed by atoms with Gasteiger partial charge in [-0.05, 0) is 92.3 Å². The van der Waals surface area contributed by atoms with Gasteiger partial charge in [0.25, 0.3) is 5.91 Å². The zero-order valence-electron chi connectivity index (χ0n) is 16.8. The highest BCUT2D eigenvalue weighted by Crippen LogP contribution is 2.33. The van der Waals surface area contributed by atoms with Gasteiger partial charge in [0.2, 0.25) is 0 Å². The minimum atomic E-state index is -0.517. The molecule has 0 saturated heterocycles. The van der Waals surface area contributed by atoms with Crippen molar-refractivity contribution in [2.24, 2.45) is 0 Å². The molecular weight excluding hydrogens is 350 g/mol. The van der Waals surface area contributed by atoms with Crippen molar-refractivity contribution in [3.8, 4) is 11.5 Å². The van der Waals surface area contributed by atoms with Crippen molar-refractivity contribution < 1.29 is 14.3 Å². The Hall–Kier alpha value is -2.49. The number of nitrogens with one attached hydrogen (secondary N) is 1. The molecule has 0 fully saturated rings. The van der Waals surface area contributed by atoms with Crippen LogP contribution in [0.15, 0.2) is 36.4 Å². The summed E-state index contributed by atoms with van der Waals surface area (Å²) < 4.78 is 11.4. The van der Waals surface area contributed by atoms with Crippen molar-refractivity contribution >= 4 is 5.91 Å². The van der Waals surface area contributed by atoms with Crippen LogP contribution in [-0.2, 0) is 24.1 Å². The molecule has 2 aliphatic rings. The molecule has 2 aromatic carbocycles. The number of ether oxygens (including phenoxy) is 2. The lowest BCUT2D eigenvalue weighted by Crippen LogP contribution is -2.39. The van der Waals surface area contributed by atoms with Gasteiger partial charge < -0.3 is 14.8 Å². The average Bonchev–Trinajstić information content (AvgIpc) is 2.73. The third-order valence-electron chi connectivity index (χ3n) is 6.01. The van der Waals surface area contributed by atoms with E-state index >= 15 is 0 Å². The number of benzene rings is 2. The summed E-state index contributed by atoms with van der Waals surface area (Å²) in [6, 6.07) is 12.4. The first-order valence-electron chi connectivity index (χ1n) is 10.4. The number of carbonyl (C=O) groups excluding carboxylic acids is 1. The summed E-state index contributed by atoms with van der Waals surface area (Å²) in [6.07, 6.45) is 7.10. The minimum Gasteiger partial charge on any atom is -0.497 e. The molecule has 148 valence electrons. The molecule has 28 heavy (non-hydrogen) atoms. The van der Waals surface area contributed by atoms with E-state index in [2.05, 4.69) is 23.5 Å². The minimum absolute atomic E-state index is 0.0397. The fourth-order valence-corrected chi connectivity index (χ4v) is 4.46. The molecule has 0 aromatic heterocycles. The van der Waals surface area contributed by atoms with Crippen LogP contribution in [0.5, 0.6) is 11.5 Å². The first-order chi connectivity index (χ1) is 13.7. The van der Waals surface area contributed by atoms with E-state index < -0.39 is 6.10 Å². The predicted molar refractivity (Wildman–Crippen MR) is 110 cm³/mol. The summed E-state index contributed by atoms with van der Waals surface area (Å²) in [5.74, 6) is 1.69. The largest absolute Gasteiger partial charge is 0.497 e. The summed E-state index contributed by atoms with van der Waals surface area (Å²) >= 11 is 0. The molecule has 2 atom stereocenters. The van der Waals surface area contributed by atoms with E-state index in [9.17, 15) is 4.79 Å². The van der Waals surface area contributed by atoms with E-state index in [1.54, 1.807) is 7.11 Å². The van der Waals surface area contributed by atoms with Gasteiger partial charge in [0.15, 0.2) is 6.10 Å². The van der Waals surface area contributed by atoms with Crippen LogP contribution in [0.4, 0.5) is 0 Å². The summed E-state index contributed by atoms with van der Waals surface area (Å²) in [4.78, 5) is 12.9. The van der Waals surface area contributed by atoms with E-state index in [-0.39, 0.29) is 11.9 Å². The maximum atomic E-state index is 12.9. The Morgan fingerprint density at radius 1 is 1.07 bits per heavy atom. The molecular formula is C24H29NO3. The molecule has 0 aliphatic heterocycles. The van der Waals surface area contributed by atoms with Crippen LogP contribution in [0.2, 0.25) is 0 Å². The van der Waals surface area contributed by atoms with Gasteiger partial charge in [-0.1, -0.05) is 18.2 Å². The molecule has 4 rings (SSSR count). The number of fused-ring (bicyclic) bond motifs is 2. The highest BCUT2D eigenvalue weighted by molar-refractivity contribution is 5.81. The molecule has 1 N–H and O–H groups in total. The molecule has 0 spiro atoms. The van der Waals surface area contributed by atoms with E-state index in [1.165, 1.54) is 35.1 Å². The number of rotatable bonds is 5. The fraction of sp³-hybridized carbons (Fsp3) is 0.458. The Bertz CT molecular complexity index is 861. The second-order valence-corrected chi connectivity index (χ2v) is 7.88. The maximum absolute atomic E-state index is 12.9. The molecule has 0 saturated carbocycles. The first-order valence-corrected chi connectivity index (χ1v) is 10.4. The Morgan fingerprint density at radius 2 is 1.89 bits per heavy atom. The van der Waals surface area contributed by atoms with Crippen molar-refractivity contribution in [1.82, 2.24) is 5.32 Å². The lowest BCUT2D eigenvalue weighted by Gasteiger charge is -2.28. The quantitative estimate of drug-likeness (QED) is 0.830. The molecule has 0 bridgehead atoms. The molecule has 4 heteroatoms. The lowest BCUT2D eigenvalue weighted by molar-refractivity contribution is -0.128. The van der Waals surface area contributed by atoms with E-state index in [0.717, 1.165) is 43.6 Å². The van der Waals surface area contributed by atoms with Gasteiger partial charge in [0.1, 0.15) is 11.5 Å².